The Balaban J connectivity index is 5.35. The van der Waals surface area contributed by atoms with Gasteiger partial charge < -0.3 is 21.7 Å². The zero-order valence-electron chi connectivity index (χ0n) is 9.81. The van der Waals surface area contributed by atoms with Crippen LogP contribution in [0.4, 0.5) is 0 Å². The number of nitrogens with zero attached hydrogens (tertiary/aromatic N) is 1. The number of amides is 2. The number of carboxylic acids is 1. The number of aliphatic hydroxyl groups excluding tert-OH is 1. The van der Waals surface area contributed by atoms with Crippen LogP contribution in [0.25, 0.3) is 0 Å². The summed E-state index contributed by atoms with van der Waals surface area (Å²) in [6.07, 6.45) is 0. The second-order valence-electron chi connectivity index (χ2n) is 3.66. The van der Waals surface area contributed by atoms with Gasteiger partial charge in [0.15, 0.2) is 6.04 Å². The molecule has 0 spiro atoms. The predicted octanol–water partition coefficient (Wildman–Crippen LogP) is -2.61. The van der Waals surface area contributed by atoms with Gasteiger partial charge >= 0.3 is 5.97 Å². The van der Waals surface area contributed by atoms with Crippen molar-refractivity contribution in [1.82, 2.24) is 4.90 Å². The summed E-state index contributed by atoms with van der Waals surface area (Å²) in [7, 11) is 0. The van der Waals surface area contributed by atoms with E-state index < -0.39 is 42.5 Å². The molecular weight excluding hydrogens is 262 g/mol. The van der Waals surface area contributed by atoms with E-state index >= 15 is 0 Å². The van der Waals surface area contributed by atoms with Gasteiger partial charge in [-0.05, 0) is 6.92 Å². The van der Waals surface area contributed by atoms with Gasteiger partial charge in [0.1, 0.15) is 0 Å². The van der Waals surface area contributed by atoms with Gasteiger partial charge in [0.2, 0.25) is 11.8 Å². The maximum atomic E-state index is 11.8. The van der Waals surface area contributed by atoms with Gasteiger partial charge in [-0.15, -0.1) is 0 Å². The maximum absolute atomic E-state index is 11.8. The van der Waals surface area contributed by atoms with Crippen molar-refractivity contribution in [1.29, 1.82) is 0 Å². The normalized spacial score (nSPS) is 15.6. The molecular formula is C9H17N3O5S. The minimum absolute atomic E-state index is 0.0701. The van der Waals surface area contributed by atoms with Crippen molar-refractivity contribution in [3.05, 3.63) is 0 Å². The van der Waals surface area contributed by atoms with Crippen LogP contribution in [0.15, 0.2) is 0 Å². The van der Waals surface area contributed by atoms with Crippen LogP contribution >= 0.6 is 12.6 Å². The van der Waals surface area contributed by atoms with Gasteiger partial charge in [-0.2, -0.15) is 12.6 Å². The summed E-state index contributed by atoms with van der Waals surface area (Å²) < 4.78 is 0. The second kappa shape index (κ2) is 7.31. The van der Waals surface area contributed by atoms with E-state index in [1.807, 2.05) is 0 Å². The zero-order chi connectivity index (χ0) is 14.5. The maximum Gasteiger partial charge on any atom is 0.329 e. The molecule has 104 valence electrons. The summed E-state index contributed by atoms with van der Waals surface area (Å²) in [6, 6.07) is -3.94. The number of rotatable bonds is 6. The van der Waals surface area contributed by atoms with Crippen LogP contribution < -0.4 is 11.5 Å². The fourth-order valence-electron chi connectivity index (χ4n) is 1.16. The molecule has 0 saturated carbocycles. The number of carboxylic acid groups (broad SMARTS) is 1. The molecule has 0 aliphatic carbocycles. The average Bonchev–Trinajstić information content (AvgIpc) is 2.32. The van der Waals surface area contributed by atoms with E-state index in [1.54, 1.807) is 0 Å². The molecule has 18 heavy (non-hydrogen) atoms. The minimum atomic E-state index is -1.71. The van der Waals surface area contributed by atoms with Crippen molar-refractivity contribution in [2.24, 2.45) is 11.5 Å². The summed E-state index contributed by atoms with van der Waals surface area (Å²) in [5, 5.41) is 17.8. The lowest BCUT2D eigenvalue weighted by Gasteiger charge is -2.29. The molecule has 0 aromatic carbocycles. The van der Waals surface area contributed by atoms with Gasteiger partial charge in [0.25, 0.3) is 0 Å². The summed E-state index contributed by atoms with van der Waals surface area (Å²) in [5.74, 6) is -3.45. The third-order valence-electron chi connectivity index (χ3n) is 2.15. The quantitative estimate of drug-likeness (QED) is 0.335. The van der Waals surface area contributed by atoms with Crippen LogP contribution in [0, 0.1) is 0 Å². The predicted molar refractivity (Wildman–Crippen MR) is 65.8 cm³/mol. The number of carbonyl (C=O) groups is 3. The lowest BCUT2D eigenvalue weighted by Crippen LogP contribution is -2.59. The summed E-state index contributed by atoms with van der Waals surface area (Å²) in [6.45, 7) is 0.379. The van der Waals surface area contributed by atoms with Gasteiger partial charge in [0.05, 0.1) is 18.7 Å². The molecule has 6 N–H and O–H groups in total. The average molecular weight is 279 g/mol. The molecule has 9 heteroatoms. The van der Waals surface area contributed by atoms with Crippen LogP contribution in [-0.2, 0) is 14.4 Å². The molecule has 0 heterocycles. The van der Waals surface area contributed by atoms with E-state index in [-0.39, 0.29) is 5.75 Å². The van der Waals surface area contributed by atoms with E-state index in [0.29, 0.717) is 4.90 Å². The number of carbonyl (C=O) groups excluding carboxylic acids is 2. The molecule has 0 saturated heterocycles. The molecule has 0 bridgehead atoms. The monoisotopic (exact) mass is 279 g/mol. The Morgan fingerprint density at radius 3 is 2.06 bits per heavy atom. The Morgan fingerprint density at radius 1 is 1.28 bits per heavy atom. The van der Waals surface area contributed by atoms with Crippen LogP contribution in [0.5, 0.6) is 0 Å². The molecule has 3 atom stereocenters. The Hall–Kier alpha value is -1.16. The topological polar surface area (TPSA) is 147 Å². The van der Waals surface area contributed by atoms with Crippen LogP contribution in [-0.4, -0.2) is 63.4 Å². The van der Waals surface area contributed by atoms with Crippen molar-refractivity contribution >= 4 is 30.4 Å². The highest BCUT2D eigenvalue weighted by Gasteiger charge is 2.37. The fraction of sp³-hybridized carbons (Fsp3) is 0.667. The molecule has 2 amide bonds. The Bertz CT molecular complexity index is 336. The lowest BCUT2D eigenvalue weighted by molar-refractivity contribution is -0.160. The van der Waals surface area contributed by atoms with E-state index in [4.69, 9.17) is 21.7 Å². The molecule has 3 unspecified atom stereocenters. The fourth-order valence-corrected chi connectivity index (χ4v) is 1.32. The van der Waals surface area contributed by atoms with Crippen molar-refractivity contribution in [2.45, 2.75) is 25.0 Å². The van der Waals surface area contributed by atoms with Crippen molar-refractivity contribution in [2.75, 3.05) is 12.4 Å². The highest BCUT2D eigenvalue weighted by Crippen LogP contribution is 2.06. The molecule has 0 aromatic heterocycles. The summed E-state index contributed by atoms with van der Waals surface area (Å²) >= 11 is 3.79. The lowest BCUT2D eigenvalue weighted by atomic mass is 10.1. The number of aliphatic carboxylic acids is 1. The standard InChI is InChI=1S/C9H17N3O5S/c1-4(10)7(14)12(6(2-13)9(16)17)8(15)5(11)3-18/h4-6,13,18H,2-3,10-11H2,1H3,(H,16,17). The van der Waals surface area contributed by atoms with Crippen molar-refractivity contribution in [3.63, 3.8) is 0 Å². The van der Waals surface area contributed by atoms with Crippen molar-refractivity contribution < 1.29 is 24.6 Å². The van der Waals surface area contributed by atoms with Gasteiger partial charge in [-0.25, -0.2) is 4.79 Å². The zero-order valence-corrected chi connectivity index (χ0v) is 10.7. The number of nitrogens with two attached hydrogens (primary N) is 2. The SMILES string of the molecule is CC(N)C(=O)N(C(=O)C(N)CS)C(CO)C(=O)O. The molecule has 0 radical (unpaired) electrons. The van der Waals surface area contributed by atoms with Crippen LogP contribution in [0.1, 0.15) is 6.92 Å². The molecule has 0 aliphatic rings. The van der Waals surface area contributed by atoms with E-state index in [9.17, 15) is 14.4 Å². The Morgan fingerprint density at radius 2 is 1.78 bits per heavy atom. The van der Waals surface area contributed by atoms with E-state index in [2.05, 4.69) is 12.6 Å². The summed E-state index contributed by atoms with van der Waals surface area (Å²) in [4.78, 5) is 34.9. The molecule has 0 rings (SSSR count). The number of hydrogen-bond acceptors (Lipinski definition) is 7. The van der Waals surface area contributed by atoms with Gasteiger partial charge in [-0.1, -0.05) is 0 Å². The highest BCUT2D eigenvalue weighted by atomic mass is 32.1. The number of hydrogen-bond donors (Lipinski definition) is 5. The third-order valence-corrected chi connectivity index (χ3v) is 2.54. The van der Waals surface area contributed by atoms with Gasteiger partial charge in [0, 0.05) is 5.75 Å². The Labute approximate surface area is 109 Å². The highest BCUT2D eigenvalue weighted by molar-refractivity contribution is 7.80. The minimum Gasteiger partial charge on any atom is -0.480 e. The number of aliphatic hydroxyl groups is 1. The summed E-state index contributed by atoms with van der Waals surface area (Å²) in [5.41, 5.74) is 10.7. The third kappa shape index (κ3) is 3.95. The van der Waals surface area contributed by atoms with E-state index in [1.165, 1.54) is 6.92 Å². The first kappa shape index (κ1) is 16.8. The second-order valence-corrected chi connectivity index (χ2v) is 4.03. The van der Waals surface area contributed by atoms with Crippen LogP contribution in [0.2, 0.25) is 0 Å². The molecule has 8 nitrogen and oxygen atoms in total. The molecule has 0 aliphatic heterocycles. The number of imide groups is 1. The Kier molecular flexibility index (Phi) is 6.84. The van der Waals surface area contributed by atoms with Gasteiger partial charge in [-0.3, -0.25) is 14.5 Å². The van der Waals surface area contributed by atoms with Crippen LogP contribution in [0.3, 0.4) is 0 Å². The first-order valence-electron chi connectivity index (χ1n) is 5.10. The first-order valence-corrected chi connectivity index (χ1v) is 5.73. The smallest absolute Gasteiger partial charge is 0.329 e. The first-order chi connectivity index (χ1) is 8.27. The number of thiol groups is 1. The molecule has 0 fully saturated rings. The van der Waals surface area contributed by atoms with E-state index in [0.717, 1.165) is 0 Å². The van der Waals surface area contributed by atoms with Crippen molar-refractivity contribution in [3.8, 4) is 0 Å². The molecule has 0 aromatic rings. The largest absolute Gasteiger partial charge is 0.480 e.